The molecule has 3 aromatic carbocycles. The average molecular weight is 532 g/mol. The lowest BCUT2D eigenvalue weighted by Gasteiger charge is -2.13. The highest BCUT2D eigenvalue weighted by Gasteiger charge is 2.17. The molecule has 36 heavy (non-hydrogen) atoms. The zero-order valence-electron chi connectivity index (χ0n) is 20.5. The number of nitrogens with zero attached hydrogens (tertiary/aromatic N) is 1. The number of sulfonamides is 2. The van der Waals surface area contributed by atoms with Gasteiger partial charge in [-0.2, -0.15) is 0 Å². The van der Waals surface area contributed by atoms with Gasteiger partial charge in [-0.05, 0) is 74.0 Å². The predicted molar refractivity (Wildman–Crippen MR) is 138 cm³/mol. The summed E-state index contributed by atoms with van der Waals surface area (Å²) >= 11 is 0. The second kappa shape index (κ2) is 11.1. The fourth-order valence-corrected chi connectivity index (χ4v) is 5.23. The van der Waals surface area contributed by atoms with E-state index in [1.165, 1.54) is 38.4 Å². The summed E-state index contributed by atoms with van der Waals surface area (Å²) in [5, 5.41) is 2.74. The molecular formula is C25H29N3O6S2. The van der Waals surface area contributed by atoms with E-state index in [2.05, 4.69) is 10.0 Å². The normalized spacial score (nSPS) is 11.8. The molecule has 0 aliphatic carbocycles. The zero-order valence-corrected chi connectivity index (χ0v) is 22.1. The van der Waals surface area contributed by atoms with Crippen molar-refractivity contribution in [1.82, 2.24) is 9.62 Å². The zero-order chi connectivity index (χ0) is 26.5. The van der Waals surface area contributed by atoms with Crippen molar-refractivity contribution in [3.63, 3.8) is 0 Å². The van der Waals surface area contributed by atoms with Crippen LogP contribution in [0, 0.1) is 13.8 Å². The molecule has 0 aliphatic heterocycles. The van der Waals surface area contributed by atoms with E-state index in [1.54, 1.807) is 49.4 Å². The number of carbonyl (C=O) groups excluding carboxylic acids is 1. The van der Waals surface area contributed by atoms with Crippen LogP contribution in [0.15, 0.2) is 76.5 Å². The van der Waals surface area contributed by atoms with Crippen molar-refractivity contribution in [1.29, 1.82) is 0 Å². The Bertz CT molecular complexity index is 1430. The first-order valence-electron chi connectivity index (χ1n) is 11.0. The third kappa shape index (κ3) is 6.62. The summed E-state index contributed by atoms with van der Waals surface area (Å²) < 4.78 is 58.7. The Morgan fingerprint density at radius 2 is 1.47 bits per heavy atom. The number of carbonyl (C=O) groups is 1. The Hall–Kier alpha value is -3.41. The molecule has 0 unspecified atom stereocenters. The predicted octanol–water partition coefficient (Wildman–Crippen LogP) is 3.16. The molecule has 0 atom stereocenters. The van der Waals surface area contributed by atoms with Gasteiger partial charge in [0.2, 0.25) is 10.0 Å². The van der Waals surface area contributed by atoms with Crippen molar-refractivity contribution >= 4 is 31.6 Å². The van der Waals surface area contributed by atoms with Crippen molar-refractivity contribution in [3.8, 4) is 5.75 Å². The Kier molecular flexibility index (Phi) is 8.39. The van der Waals surface area contributed by atoms with E-state index in [0.29, 0.717) is 22.6 Å². The summed E-state index contributed by atoms with van der Waals surface area (Å²) in [6.07, 6.45) is 0. The number of benzene rings is 3. The summed E-state index contributed by atoms with van der Waals surface area (Å²) in [7, 11) is -4.34. The van der Waals surface area contributed by atoms with Crippen LogP contribution in [0.25, 0.3) is 0 Å². The molecule has 0 bridgehead atoms. The first-order valence-corrected chi connectivity index (χ1v) is 14.0. The minimum atomic E-state index is -3.75. The molecule has 0 fully saturated rings. The van der Waals surface area contributed by atoms with Crippen LogP contribution in [0.5, 0.6) is 5.75 Å². The van der Waals surface area contributed by atoms with E-state index >= 15 is 0 Å². The van der Waals surface area contributed by atoms with Gasteiger partial charge in [-0.15, -0.1) is 0 Å². The highest BCUT2D eigenvalue weighted by atomic mass is 32.2. The van der Waals surface area contributed by atoms with Gasteiger partial charge in [0.25, 0.3) is 15.9 Å². The number of hydrogen-bond donors (Lipinski definition) is 2. The number of anilines is 1. The van der Waals surface area contributed by atoms with Gasteiger partial charge >= 0.3 is 0 Å². The maximum Gasteiger partial charge on any atom is 0.261 e. The molecule has 0 radical (unpaired) electrons. The highest BCUT2D eigenvalue weighted by molar-refractivity contribution is 7.92. The summed E-state index contributed by atoms with van der Waals surface area (Å²) in [6.45, 7) is 3.99. The van der Waals surface area contributed by atoms with Gasteiger partial charge in [0, 0.05) is 19.7 Å². The molecule has 0 heterocycles. The molecule has 9 nitrogen and oxygen atoms in total. The van der Waals surface area contributed by atoms with E-state index in [4.69, 9.17) is 4.74 Å². The van der Waals surface area contributed by atoms with Gasteiger partial charge in [-0.3, -0.25) is 9.52 Å². The fraction of sp³-hybridized carbons (Fsp3) is 0.240. The van der Waals surface area contributed by atoms with Crippen molar-refractivity contribution in [2.75, 3.05) is 32.0 Å². The van der Waals surface area contributed by atoms with Crippen molar-refractivity contribution < 1.29 is 26.4 Å². The summed E-state index contributed by atoms with van der Waals surface area (Å²) in [5.74, 6) is 0.144. The van der Waals surface area contributed by atoms with E-state index < -0.39 is 20.0 Å². The third-order valence-electron chi connectivity index (χ3n) is 5.32. The van der Waals surface area contributed by atoms with Crippen LogP contribution >= 0.6 is 0 Å². The SMILES string of the molecule is Cc1ccc(S(=O)(=O)Nc2ccc(C(=O)NCCOc3ccc(S(=O)(=O)N(C)C)cc3)cc2C)cc1. The second-order valence-electron chi connectivity index (χ2n) is 8.31. The van der Waals surface area contributed by atoms with Crippen LogP contribution in [0.3, 0.4) is 0 Å². The third-order valence-corrected chi connectivity index (χ3v) is 8.53. The van der Waals surface area contributed by atoms with Gasteiger partial charge in [0.05, 0.1) is 22.0 Å². The van der Waals surface area contributed by atoms with Crippen molar-refractivity contribution in [2.45, 2.75) is 23.6 Å². The Labute approximate surface area is 212 Å². The molecule has 2 N–H and O–H groups in total. The lowest BCUT2D eigenvalue weighted by Crippen LogP contribution is -2.28. The lowest BCUT2D eigenvalue weighted by atomic mass is 10.1. The van der Waals surface area contributed by atoms with Crippen LogP contribution in [0.4, 0.5) is 5.69 Å². The minimum Gasteiger partial charge on any atom is -0.492 e. The van der Waals surface area contributed by atoms with Crippen LogP contribution in [0.2, 0.25) is 0 Å². The van der Waals surface area contributed by atoms with Gasteiger partial charge in [-0.1, -0.05) is 17.7 Å². The first kappa shape index (κ1) is 27.2. The Morgan fingerprint density at radius 1 is 0.861 bits per heavy atom. The fourth-order valence-electron chi connectivity index (χ4n) is 3.19. The number of aryl methyl sites for hydroxylation is 2. The van der Waals surface area contributed by atoms with E-state index in [0.717, 1.165) is 9.87 Å². The van der Waals surface area contributed by atoms with Crippen LogP contribution in [-0.4, -0.2) is 54.3 Å². The molecular weight excluding hydrogens is 502 g/mol. The van der Waals surface area contributed by atoms with Crippen molar-refractivity contribution in [3.05, 3.63) is 83.4 Å². The molecule has 0 saturated carbocycles. The van der Waals surface area contributed by atoms with Gasteiger partial charge in [0.1, 0.15) is 12.4 Å². The van der Waals surface area contributed by atoms with Crippen LogP contribution in [-0.2, 0) is 20.0 Å². The van der Waals surface area contributed by atoms with Crippen LogP contribution in [0.1, 0.15) is 21.5 Å². The molecule has 0 aromatic heterocycles. The first-order chi connectivity index (χ1) is 16.9. The summed E-state index contributed by atoms with van der Waals surface area (Å²) in [6, 6.07) is 17.3. The van der Waals surface area contributed by atoms with E-state index in [-0.39, 0.29) is 28.8 Å². The van der Waals surface area contributed by atoms with Gasteiger partial charge in [0.15, 0.2) is 0 Å². The standard InChI is InChI=1S/C25H29N3O6S2/c1-18-5-10-22(11-6-18)35(30,31)27-24-14-7-20(17-19(24)2)25(29)26-15-16-34-21-8-12-23(13-9-21)36(32,33)28(3)4/h5-14,17,27H,15-16H2,1-4H3,(H,26,29). The number of hydrogen-bond acceptors (Lipinski definition) is 6. The van der Waals surface area contributed by atoms with Crippen LogP contribution < -0.4 is 14.8 Å². The summed E-state index contributed by atoms with van der Waals surface area (Å²) in [4.78, 5) is 12.8. The molecule has 192 valence electrons. The Balaban J connectivity index is 1.54. The Morgan fingerprint density at radius 3 is 2.06 bits per heavy atom. The minimum absolute atomic E-state index is 0.156. The largest absolute Gasteiger partial charge is 0.492 e. The van der Waals surface area contributed by atoms with Gasteiger partial charge in [-0.25, -0.2) is 21.1 Å². The quantitative estimate of drug-likeness (QED) is 0.388. The molecule has 3 aromatic rings. The molecule has 0 spiro atoms. The van der Waals surface area contributed by atoms with E-state index in [9.17, 15) is 21.6 Å². The van der Waals surface area contributed by atoms with Crippen molar-refractivity contribution in [2.24, 2.45) is 0 Å². The molecule has 1 amide bonds. The number of amides is 1. The molecule has 0 aliphatic rings. The summed E-state index contributed by atoms with van der Waals surface area (Å²) in [5.41, 5.74) is 2.32. The highest BCUT2D eigenvalue weighted by Crippen LogP contribution is 2.22. The molecule has 0 saturated heterocycles. The maximum atomic E-state index is 12.6. The maximum absolute atomic E-state index is 12.6. The van der Waals surface area contributed by atoms with Gasteiger partial charge < -0.3 is 10.1 Å². The molecule has 11 heteroatoms. The van der Waals surface area contributed by atoms with E-state index in [1.807, 2.05) is 6.92 Å². The lowest BCUT2D eigenvalue weighted by molar-refractivity contribution is 0.0947. The average Bonchev–Trinajstić information content (AvgIpc) is 2.83. The topological polar surface area (TPSA) is 122 Å². The number of rotatable bonds is 10. The smallest absolute Gasteiger partial charge is 0.261 e. The second-order valence-corrected chi connectivity index (χ2v) is 12.1. The monoisotopic (exact) mass is 531 g/mol. The number of nitrogens with one attached hydrogen (secondary N) is 2. The number of ether oxygens (including phenoxy) is 1. The molecule has 3 rings (SSSR count).